The van der Waals surface area contributed by atoms with Crippen molar-refractivity contribution in [1.82, 2.24) is 9.88 Å². The van der Waals surface area contributed by atoms with E-state index < -0.39 is 17.7 Å². The van der Waals surface area contributed by atoms with E-state index in [-0.39, 0.29) is 23.3 Å². The Morgan fingerprint density at radius 3 is 2.45 bits per heavy atom. The minimum absolute atomic E-state index is 0.0497. The molecule has 1 saturated heterocycles. The number of benzene rings is 3. The average molecular weight is 539 g/mol. The van der Waals surface area contributed by atoms with Gasteiger partial charge in [-0.1, -0.05) is 57.2 Å². The van der Waals surface area contributed by atoms with E-state index in [4.69, 9.17) is 9.47 Å². The summed E-state index contributed by atoms with van der Waals surface area (Å²) in [7, 11) is 1.57. The molecule has 0 radical (unpaired) electrons. The standard InChI is InChI=1S/C33H34N2O5/c1-6-40-27-16-15-20(17-24(27)33(2,3)4)30(36)28-29(23-18-34-25-13-9-8-12-22(23)25)35(32(38)31(28)37)19-21-11-7-10-14-26(21)39-5/h7-18,29,34,36H,6,19H2,1-5H3/b30-28+. The van der Waals surface area contributed by atoms with Gasteiger partial charge in [0.1, 0.15) is 17.3 Å². The molecule has 1 aromatic heterocycles. The van der Waals surface area contributed by atoms with E-state index in [9.17, 15) is 14.7 Å². The first-order valence-electron chi connectivity index (χ1n) is 13.4. The number of aromatic amines is 1. The minimum atomic E-state index is -0.814. The lowest BCUT2D eigenvalue weighted by Gasteiger charge is -2.26. The highest BCUT2D eigenvalue weighted by molar-refractivity contribution is 6.46. The van der Waals surface area contributed by atoms with Gasteiger partial charge in [0.2, 0.25) is 0 Å². The fraction of sp³-hybridized carbons (Fsp3) is 0.273. The lowest BCUT2D eigenvalue weighted by Crippen LogP contribution is -2.29. The van der Waals surface area contributed by atoms with Gasteiger partial charge in [0.15, 0.2) is 0 Å². The van der Waals surface area contributed by atoms with Crippen molar-refractivity contribution in [2.75, 3.05) is 13.7 Å². The van der Waals surface area contributed by atoms with Gasteiger partial charge in [-0.25, -0.2) is 0 Å². The lowest BCUT2D eigenvalue weighted by molar-refractivity contribution is -0.140. The van der Waals surface area contributed by atoms with Crippen molar-refractivity contribution in [2.45, 2.75) is 45.7 Å². The maximum atomic E-state index is 13.7. The Hall–Kier alpha value is -4.52. The third kappa shape index (κ3) is 4.72. The normalized spacial score (nSPS) is 17.0. The maximum absolute atomic E-state index is 13.7. The van der Waals surface area contributed by atoms with Crippen molar-refractivity contribution in [3.05, 3.63) is 101 Å². The lowest BCUT2D eigenvalue weighted by atomic mass is 9.84. The van der Waals surface area contributed by atoms with E-state index in [1.54, 1.807) is 13.2 Å². The number of aliphatic hydroxyl groups excluding tert-OH is 1. The zero-order valence-corrected chi connectivity index (χ0v) is 23.4. The predicted octanol–water partition coefficient (Wildman–Crippen LogP) is 6.49. The molecule has 1 aliphatic heterocycles. The Bertz CT molecular complexity index is 1630. The highest BCUT2D eigenvalue weighted by Crippen LogP contribution is 2.44. The van der Waals surface area contributed by atoms with Crippen LogP contribution in [0.2, 0.25) is 0 Å². The summed E-state index contributed by atoms with van der Waals surface area (Å²) in [5.41, 5.74) is 3.47. The Labute approximate surface area is 234 Å². The Morgan fingerprint density at radius 2 is 1.73 bits per heavy atom. The van der Waals surface area contributed by atoms with Crippen LogP contribution < -0.4 is 9.47 Å². The van der Waals surface area contributed by atoms with E-state index in [1.165, 1.54) is 4.90 Å². The largest absolute Gasteiger partial charge is 0.507 e. The number of para-hydroxylation sites is 2. The first kappa shape index (κ1) is 27.1. The smallest absolute Gasteiger partial charge is 0.295 e. The second-order valence-electron chi connectivity index (χ2n) is 10.9. The topological polar surface area (TPSA) is 91.9 Å². The molecule has 5 rings (SSSR count). The fourth-order valence-corrected chi connectivity index (χ4v) is 5.40. The van der Waals surface area contributed by atoms with E-state index in [2.05, 4.69) is 25.8 Å². The van der Waals surface area contributed by atoms with Crippen LogP contribution in [-0.2, 0) is 21.5 Å². The number of ketones is 1. The zero-order valence-electron chi connectivity index (χ0n) is 23.4. The highest BCUT2D eigenvalue weighted by atomic mass is 16.5. The van der Waals surface area contributed by atoms with Crippen molar-refractivity contribution < 1.29 is 24.2 Å². The van der Waals surface area contributed by atoms with Gasteiger partial charge in [-0.05, 0) is 42.7 Å². The molecule has 3 aromatic carbocycles. The summed E-state index contributed by atoms with van der Waals surface area (Å²) in [6.45, 7) is 8.74. The number of likely N-dealkylation sites (tertiary alicyclic amines) is 1. The Balaban J connectivity index is 1.71. The number of nitrogens with one attached hydrogen (secondary N) is 1. The molecule has 0 saturated carbocycles. The Morgan fingerprint density at radius 1 is 1.00 bits per heavy atom. The van der Waals surface area contributed by atoms with Gasteiger partial charge in [0, 0.05) is 39.4 Å². The van der Waals surface area contributed by atoms with Crippen molar-refractivity contribution in [3.8, 4) is 11.5 Å². The van der Waals surface area contributed by atoms with Gasteiger partial charge in [-0.2, -0.15) is 0 Å². The maximum Gasteiger partial charge on any atom is 0.295 e. The molecule has 2 heterocycles. The molecule has 1 aliphatic rings. The first-order chi connectivity index (χ1) is 19.2. The van der Waals surface area contributed by atoms with Gasteiger partial charge in [0.05, 0.1) is 31.9 Å². The molecule has 206 valence electrons. The molecular weight excluding hydrogens is 504 g/mol. The summed E-state index contributed by atoms with van der Waals surface area (Å²) in [6, 6.07) is 19.7. The van der Waals surface area contributed by atoms with Crippen molar-refractivity contribution in [2.24, 2.45) is 0 Å². The molecule has 0 bridgehead atoms. The Kier molecular flexibility index (Phi) is 7.15. The third-order valence-corrected chi connectivity index (χ3v) is 7.35. The molecule has 0 aliphatic carbocycles. The van der Waals surface area contributed by atoms with Crippen molar-refractivity contribution >= 4 is 28.4 Å². The van der Waals surface area contributed by atoms with Crippen LogP contribution in [0.4, 0.5) is 0 Å². The van der Waals surface area contributed by atoms with Crippen molar-refractivity contribution in [1.29, 1.82) is 0 Å². The molecule has 1 atom stereocenters. The number of carbonyl (C=O) groups excluding carboxylic acids is 2. The molecule has 1 fully saturated rings. The predicted molar refractivity (Wildman–Crippen MR) is 155 cm³/mol. The second kappa shape index (κ2) is 10.6. The van der Waals surface area contributed by atoms with Crippen LogP contribution in [0.3, 0.4) is 0 Å². The molecule has 0 spiro atoms. The quantitative estimate of drug-likeness (QED) is 0.159. The monoisotopic (exact) mass is 538 g/mol. The summed E-state index contributed by atoms with van der Waals surface area (Å²) < 4.78 is 11.4. The van der Waals surface area contributed by atoms with Crippen LogP contribution >= 0.6 is 0 Å². The number of Topliss-reactive ketones (excluding diaryl/α,β-unsaturated/α-hetero) is 1. The molecule has 2 N–H and O–H groups in total. The second-order valence-corrected chi connectivity index (χ2v) is 10.9. The number of aliphatic hydroxyl groups is 1. The third-order valence-electron chi connectivity index (χ3n) is 7.35. The molecule has 40 heavy (non-hydrogen) atoms. The van der Waals surface area contributed by atoms with E-state index in [0.29, 0.717) is 17.9 Å². The minimum Gasteiger partial charge on any atom is -0.507 e. The van der Waals surface area contributed by atoms with Crippen LogP contribution in [0.15, 0.2) is 78.5 Å². The molecule has 7 heteroatoms. The number of ether oxygens (including phenoxy) is 2. The molecule has 1 amide bonds. The number of rotatable bonds is 7. The van der Waals surface area contributed by atoms with E-state index in [0.717, 1.165) is 33.3 Å². The number of hydrogen-bond acceptors (Lipinski definition) is 5. The molecule has 4 aromatic rings. The summed E-state index contributed by atoms with van der Waals surface area (Å²) in [6.07, 6.45) is 1.81. The zero-order chi connectivity index (χ0) is 28.6. The van der Waals surface area contributed by atoms with Gasteiger partial charge in [-0.3, -0.25) is 9.59 Å². The van der Waals surface area contributed by atoms with Crippen LogP contribution in [0.5, 0.6) is 11.5 Å². The number of nitrogens with zero attached hydrogens (tertiary/aromatic N) is 1. The highest BCUT2D eigenvalue weighted by Gasteiger charge is 2.47. The van der Waals surface area contributed by atoms with Gasteiger partial charge < -0.3 is 24.5 Å². The summed E-state index contributed by atoms with van der Waals surface area (Å²) in [5.74, 6) is -0.289. The summed E-state index contributed by atoms with van der Waals surface area (Å²) in [5, 5.41) is 12.6. The number of carbonyl (C=O) groups is 2. The summed E-state index contributed by atoms with van der Waals surface area (Å²) in [4.78, 5) is 32.1. The number of H-pyrrole nitrogens is 1. The van der Waals surface area contributed by atoms with Crippen LogP contribution in [0.1, 0.15) is 56.0 Å². The molecule has 7 nitrogen and oxygen atoms in total. The van der Waals surface area contributed by atoms with E-state index in [1.807, 2.05) is 73.8 Å². The molecular formula is C33H34N2O5. The fourth-order valence-electron chi connectivity index (χ4n) is 5.40. The van der Waals surface area contributed by atoms with Gasteiger partial charge in [-0.15, -0.1) is 0 Å². The SMILES string of the molecule is CCOc1ccc(/C(O)=C2\C(=O)C(=O)N(Cc3ccccc3OC)C2c2c[nH]c3ccccc23)cc1C(C)(C)C. The number of methoxy groups -OCH3 is 1. The number of aromatic nitrogens is 1. The van der Waals surface area contributed by atoms with Crippen molar-refractivity contribution in [3.63, 3.8) is 0 Å². The average Bonchev–Trinajstić information content (AvgIpc) is 3.47. The van der Waals surface area contributed by atoms with Crippen LogP contribution in [0.25, 0.3) is 16.7 Å². The van der Waals surface area contributed by atoms with Gasteiger partial charge in [0.25, 0.3) is 11.7 Å². The van der Waals surface area contributed by atoms with Crippen LogP contribution in [-0.4, -0.2) is 40.4 Å². The number of hydrogen-bond donors (Lipinski definition) is 2. The van der Waals surface area contributed by atoms with Gasteiger partial charge >= 0.3 is 0 Å². The number of fused-ring (bicyclic) bond motifs is 1. The molecule has 1 unspecified atom stereocenters. The summed E-state index contributed by atoms with van der Waals surface area (Å²) >= 11 is 0. The first-order valence-corrected chi connectivity index (χ1v) is 13.4. The van der Waals surface area contributed by atoms with E-state index >= 15 is 0 Å². The number of amides is 1. The van der Waals surface area contributed by atoms with Crippen LogP contribution in [0, 0.1) is 0 Å².